The van der Waals surface area contributed by atoms with E-state index in [2.05, 4.69) is 47.5 Å². The summed E-state index contributed by atoms with van der Waals surface area (Å²) in [6.45, 7) is 6.02. The Balaban J connectivity index is 1.70. The first-order valence-corrected chi connectivity index (χ1v) is 11.0. The third-order valence-corrected chi connectivity index (χ3v) is 7.47. The van der Waals surface area contributed by atoms with Crippen LogP contribution in [-0.4, -0.2) is 24.5 Å². The van der Waals surface area contributed by atoms with E-state index in [0.29, 0.717) is 0 Å². The zero-order valence-electron chi connectivity index (χ0n) is 14.4. The van der Waals surface area contributed by atoms with Gasteiger partial charge in [0.25, 0.3) is 0 Å². The molecule has 2 aromatic rings. The molecule has 1 nitrogen and oxygen atoms in total. The van der Waals surface area contributed by atoms with E-state index in [9.17, 15) is 0 Å². The van der Waals surface area contributed by atoms with E-state index in [4.69, 9.17) is 0 Å². The first-order valence-electron chi connectivity index (χ1n) is 9.10. The first kappa shape index (κ1) is 16.4. The summed E-state index contributed by atoms with van der Waals surface area (Å²) in [6, 6.07) is 11.4. The monoisotopic (exact) mass is 355 g/mol. The van der Waals surface area contributed by atoms with E-state index >= 15 is 0 Å². The molecule has 0 saturated carbocycles. The molecule has 1 saturated heterocycles. The van der Waals surface area contributed by atoms with Crippen LogP contribution in [0.3, 0.4) is 0 Å². The lowest BCUT2D eigenvalue weighted by atomic mass is 9.87. The molecular weight excluding hydrogens is 330 g/mol. The lowest BCUT2D eigenvalue weighted by Crippen LogP contribution is -2.31. The Kier molecular flexibility index (Phi) is 5.11. The summed E-state index contributed by atoms with van der Waals surface area (Å²) in [5.41, 5.74) is 7.72. The Bertz CT molecular complexity index is 734. The second kappa shape index (κ2) is 7.47. The largest absolute Gasteiger partial charge is 0.303 e. The highest BCUT2D eigenvalue weighted by Crippen LogP contribution is 2.45. The van der Waals surface area contributed by atoms with Crippen LogP contribution in [0.5, 0.6) is 0 Å². The van der Waals surface area contributed by atoms with Gasteiger partial charge in [-0.15, -0.1) is 23.1 Å². The maximum absolute atomic E-state index is 2.65. The molecule has 2 aliphatic heterocycles. The summed E-state index contributed by atoms with van der Waals surface area (Å²) in [4.78, 5) is 2.65. The first-order chi connectivity index (χ1) is 11.9. The van der Waals surface area contributed by atoms with E-state index in [-0.39, 0.29) is 0 Å². The lowest BCUT2D eigenvalue weighted by molar-refractivity contribution is 0.253. The van der Waals surface area contributed by atoms with E-state index in [1.165, 1.54) is 66.2 Å². The van der Waals surface area contributed by atoms with Gasteiger partial charge in [0.05, 0.1) is 4.21 Å². The van der Waals surface area contributed by atoms with Gasteiger partial charge in [0.2, 0.25) is 0 Å². The Labute approximate surface area is 153 Å². The molecule has 0 bridgehead atoms. The number of thioether (sulfide) groups is 1. The van der Waals surface area contributed by atoms with E-state index in [1.54, 1.807) is 11.1 Å². The number of nitrogens with zero attached hydrogens (tertiary/aromatic N) is 1. The van der Waals surface area contributed by atoms with Gasteiger partial charge in [-0.1, -0.05) is 43.2 Å². The zero-order chi connectivity index (χ0) is 16.4. The molecule has 1 aromatic carbocycles. The smallest absolute Gasteiger partial charge is 0.0680 e. The third kappa shape index (κ3) is 3.22. The molecule has 126 valence electrons. The van der Waals surface area contributed by atoms with Crippen LogP contribution in [0.15, 0.2) is 45.5 Å². The van der Waals surface area contributed by atoms with E-state index in [1.807, 2.05) is 23.1 Å². The van der Waals surface area contributed by atoms with Gasteiger partial charge in [-0.2, -0.15) is 0 Å². The number of thiophene rings is 1. The van der Waals surface area contributed by atoms with Gasteiger partial charge in [0.1, 0.15) is 0 Å². The molecule has 0 spiro atoms. The molecule has 3 heterocycles. The van der Waals surface area contributed by atoms with Gasteiger partial charge in [-0.05, 0) is 54.0 Å². The number of hydrogen-bond donors (Lipinski definition) is 0. The molecule has 0 N–H and O–H groups in total. The minimum absolute atomic E-state index is 1.10. The lowest BCUT2D eigenvalue weighted by Gasteiger charge is -2.30. The Morgan fingerprint density at radius 2 is 1.88 bits per heavy atom. The molecular formula is C21H25NS2. The van der Waals surface area contributed by atoms with Gasteiger partial charge in [-0.25, -0.2) is 0 Å². The predicted octanol–water partition coefficient (Wildman–Crippen LogP) is 6.05. The summed E-state index contributed by atoms with van der Waals surface area (Å²) < 4.78 is 1.50. The number of benzene rings is 1. The maximum Gasteiger partial charge on any atom is 0.0680 e. The number of unbranched alkanes of at least 4 members (excludes halogenated alkanes) is 1. The van der Waals surface area contributed by atoms with Gasteiger partial charge in [0.15, 0.2) is 0 Å². The van der Waals surface area contributed by atoms with Crippen molar-refractivity contribution in [3.63, 3.8) is 0 Å². The molecule has 0 amide bonds. The molecule has 0 atom stereocenters. The number of hydrogen-bond acceptors (Lipinski definition) is 3. The van der Waals surface area contributed by atoms with Crippen LogP contribution >= 0.6 is 23.1 Å². The Morgan fingerprint density at radius 3 is 2.71 bits per heavy atom. The van der Waals surface area contributed by atoms with Crippen molar-refractivity contribution in [3.8, 4) is 0 Å². The standard InChI is InChI=1S/C21H25NS2/c1-2-3-11-22-12-8-16(9-13-22)20-18-7-5-4-6-17(18)15-24-21-19(20)10-14-23-21/h4-7,10,14H,2-3,8-9,11-13,15H2,1H3. The molecule has 24 heavy (non-hydrogen) atoms. The second-order valence-electron chi connectivity index (χ2n) is 6.74. The summed E-state index contributed by atoms with van der Waals surface area (Å²) in [6.07, 6.45) is 5.09. The van der Waals surface area contributed by atoms with E-state index in [0.717, 1.165) is 5.75 Å². The van der Waals surface area contributed by atoms with Crippen molar-refractivity contribution >= 4 is 28.7 Å². The van der Waals surface area contributed by atoms with E-state index < -0.39 is 0 Å². The van der Waals surface area contributed by atoms with Gasteiger partial charge in [-0.3, -0.25) is 0 Å². The SMILES string of the molecule is CCCCN1CCC(=C2c3ccccc3CSc3sccc32)CC1. The third-order valence-electron chi connectivity index (χ3n) is 5.19. The predicted molar refractivity (Wildman–Crippen MR) is 107 cm³/mol. The van der Waals surface area contributed by atoms with Crippen LogP contribution in [-0.2, 0) is 5.75 Å². The Hall–Kier alpha value is -1.03. The highest BCUT2D eigenvalue weighted by Gasteiger charge is 2.24. The molecule has 4 rings (SSSR count). The summed E-state index contributed by atoms with van der Waals surface area (Å²) >= 11 is 3.92. The molecule has 1 aromatic heterocycles. The van der Waals surface area contributed by atoms with Crippen LogP contribution < -0.4 is 0 Å². The number of rotatable bonds is 3. The highest BCUT2D eigenvalue weighted by atomic mass is 32.2. The van der Waals surface area contributed by atoms with Crippen molar-refractivity contribution in [3.05, 3.63) is 58.0 Å². The average molecular weight is 356 g/mol. The van der Waals surface area contributed by atoms with Crippen molar-refractivity contribution in [1.82, 2.24) is 4.90 Å². The molecule has 2 aliphatic rings. The fraction of sp³-hybridized carbons (Fsp3) is 0.429. The minimum Gasteiger partial charge on any atom is -0.303 e. The fourth-order valence-electron chi connectivity index (χ4n) is 3.83. The molecule has 1 fully saturated rings. The number of likely N-dealkylation sites (tertiary alicyclic amines) is 1. The van der Waals surface area contributed by atoms with Crippen LogP contribution in [0.25, 0.3) is 5.57 Å². The molecule has 3 heteroatoms. The van der Waals surface area contributed by atoms with Crippen LogP contribution in [0.4, 0.5) is 0 Å². The topological polar surface area (TPSA) is 3.24 Å². The Morgan fingerprint density at radius 1 is 1.04 bits per heavy atom. The second-order valence-corrected chi connectivity index (χ2v) is 8.90. The average Bonchev–Trinajstić information content (AvgIpc) is 3.03. The molecule has 0 radical (unpaired) electrons. The highest BCUT2D eigenvalue weighted by molar-refractivity contribution is 8.00. The maximum atomic E-state index is 2.65. The van der Waals surface area contributed by atoms with Gasteiger partial charge >= 0.3 is 0 Å². The van der Waals surface area contributed by atoms with Crippen molar-refractivity contribution in [2.75, 3.05) is 19.6 Å². The minimum atomic E-state index is 1.10. The zero-order valence-corrected chi connectivity index (χ0v) is 16.0. The summed E-state index contributed by atoms with van der Waals surface area (Å²) in [7, 11) is 0. The van der Waals surface area contributed by atoms with Gasteiger partial charge < -0.3 is 4.90 Å². The number of fused-ring (bicyclic) bond motifs is 2. The summed E-state index contributed by atoms with van der Waals surface area (Å²) in [5.74, 6) is 1.10. The molecule has 0 aliphatic carbocycles. The van der Waals surface area contributed by atoms with Gasteiger partial charge in [0, 0.05) is 24.4 Å². The molecule has 0 unspecified atom stereocenters. The van der Waals surface area contributed by atoms with Crippen LogP contribution in [0.2, 0.25) is 0 Å². The van der Waals surface area contributed by atoms with Crippen LogP contribution in [0, 0.1) is 0 Å². The fourth-order valence-corrected chi connectivity index (χ4v) is 5.93. The normalized spacial score (nSPS) is 18.2. The van der Waals surface area contributed by atoms with Crippen molar-refractivity contribution < 1.29 is 0 Å². The van der Waals surface area contributed by atoms with Crippen molar-refractivity contribution in [2.24, 2.45) is 0 Å². The number of piperidine rings is 1. The van der Waals surface area contributed by atoms with Crippen molar-refractivity contribution in [1.29, 1.82) is 0 Å². The van der Waals surface area contributed by atoms with Crippen molar-refractivity contribution in [2.45, 2.75) is 42.6 Å². The van der Waals surface area contributed by atoms with Crippen LogP contribution in [0.1, 0.15) is 49.3 Å². The quantitative estimate of drug-likeness (QED) is 0.659. The summed E-state index contributed by atoms with van der Waals surface area (Å²) in [5, 5.41) is 2.27.